The van der Waals surface area contributed by atoms with Crippen molar-refractivity contribution in [3.63, 3.8) is 0 Å². The van der Waals surface area contributed by atoms with Gasteiger partial charge in [0.25, 0.3) is 0 Å². The molecule has 0 saturated carbocycles. The Morgan fingerprint density at radius 3 is 2.39 bits per heavy atom. The van der Waals surface area contributed by atoms with E-state index in [1.165, 1.54) is 38.0 Å². The molecular formula is C16H19N5O7. The Hall–Kier alpha value is -3.28. The van der Waals surface area contributed by atoms with Gasteiger partial charge in [0.15, 0.2) is 29.9 Å². The van der Waals surface area contributed by atoms with Crippen molar-refractivity contribution in [2.75, 3.05) is 12.3 Å². The fourth-order valence-corrected chi connectivity index (χ4v) is 3.01. The highest BCUT2D eigenvalue weighted by Crippen LogP contribution is 2.36. The molecule has 1 fully saturated rings. The monoisotopic (exact) mass is 393 g/mol. The van der Waals surface area contributed by atoms with Crippen molar-refractivity contribution in [3.8, 4) is 0 Å². The van der Waals surface area contributed by atoms with Crippen molar-refractivity contribution < 1.29 is 33.3 Å². The molecule has 2 N–H and O–H groups in total. The standard InChI is InChI=1S/C16H19N5O7/c1-7(22)25-4-10-12(26-8(2)23)13(27-9(3)24)16(28-10)21-6-20-15-11(21)14(17)18-5-19-15/h5-6,10,12-13,16H,4H2,1-3H3,(H2,17,18,19)/t10-,12-,13-,16-/m1/s1. The Kier molecular flexibility index (Phi) is 5.40. The van der Waals surface area contributed by atoms with Gasteiger partial charge in [0.1, 0.15) is 30.9 Å². The number of anilines is 1. The molecule has 0 amide bonds. The third-order valence-corrected chi connectivity index (χ3v) is 4.01. The molecule has 3 heterocycles. The maximum absolute atomic E-state index is 11.7. The summed E-state index contributed by atoms with van der Waals surface area (Å²) in [6.07, 6.45) is -1.25. The molecule has 1 aliphatic rings. The quantitative estimate of drug-likeness (QED) is 0.526. The number of nitrogens with zero attached hydrogens (tertiary/aromatic N) is 4. The predicted octanol–water partition coefficient (Wildman–Crippen LogP) is -0.268. The van der Waals surface area contributed by atoms with Crippen molar-refractivity contribution in [2.24, 2.45) is 0 Å². The molecule has 0 spiro atoms. The van der Waals surface area contributed by atoms with Gasteiger partial charge in [0.2, 0.25) is 0 Å². The van der Waals surface area contributed by atoms with E-state index in [0.717, 1.165) is 0 Å². The lowest BCUT2D eigenvalue weighted by atomic mass is 10.1. The van der Waals surface area contributed by atoms with Gasteiger partial charge in [-0.3, -0.25) is 19.0 Å². The molecular weight excluding hydrogens is 374 g/mol. The molecule has 0 bridgehead atoms. The summed E-state index contributed by atoms with van der Waals surface area (Å²) in [6, 6.07) is 0. The normalized spacial score (nSPS) is 24.1. The minimum Gasteiger partial charge on any atom is -0.463 e. The van der Waals surface area contributed by atoms with Crippen LogP contribution >= 0.6 is 0 Å². The first-order chi connectivity index (χ1) is 13.3. The Bertz CT molecular complexity index is 914. The number of carbonyl (C=O) groups excluding carboxylic acids is 3. The summed E-state index contributed by atoms with van der Waals surface area (Å²) in [5, 5.41) is 0. The number of rotatable bonds is 5. The van der Waals surface area contributed by atoms with Crippen molar-refractivity contribution in [1.82, 2.24) is 19.5 Å². The van der Waals surface area contributed by atoms with Crippen LogP contribution in [-0.4, -0.2) is 62.3 Å². The van der Waals surface area contributed by atoms with Gasteiger partial charge in [-0.05, 0) is 0 Å². The number of aromatic nitrogens is 4. The van der Waals surface area contributed by atoms with E-state index in [4.69, 9.17) is 24.7 Å². The van der Waals surface area contributed by atoms with Crippen LogP contribution in [0.4, 0.5) is 5.82 Å². The lowest BCUT2D eigenvalue weighted by Crippen LogP contribution is -2.40. The lowest BCUT2D eigenvalue weighted by Gasteiger charge is -2.24. The van der Waals surface area contributed by atoms with E-state index < -0.39 is 42.4 Å². The van der Waals surface area contributed by atoms with Crippen LogP contribution in [0, 0.1) is 0 Å². The van der Waals surface area contributed by atoms with Crippen molar-refractivity contribution in [1.29, 1.82) is 0 Å². The predicted molar refractivity (Wildman–Crippen MR) is 91.4 cm³/mol. The Labute approximate surface area is 158 Å². The van der Waals surface area contributed by atoms with Gasteiger partial charge in [-0.25, -0.2) is 15.0 Å². The number of esters is 3. The zero-order valence-electron chi connectivity index (χ0n) is 15.4. The van der Waals surface area contributed by atoms with E-state index in [1.807, 2.05) is 0 Å². The first-order valence-corrected chi connectivity index (χ1v) is 8.34. The summed E-state index contributed by atoms with van der Waals surface area (Å²) < 4.78 is 23.1. The van der Waals surface area contributed by atoms with Crippen LogP contribution in [0.2, 0.25) is 0 Å². The second-order valence-electron chi connectivity index (χ2n) is 6.10. The van der Waals surface area contributed by atoms with Gasteiger partial charge >= 0.3 is 17.9 Å². The molecule has 3 rings (SSSR count). The van der Waals surface area contributed by atoms with Gasteiger partial charge in [0, 0.05) is 20.8 Å². The van der Waals surface area contributed by atoms with Crippen LogP contribution in [0.3, 0.4) is 0 Å². The molecule has 0 aromatic carbocycles. The largest absolute Gasteiger partial charge is 0.463 e. The van der Waals surface area contributed by atoms with Gasteiger partial charge in [-0.15, -0.1) is 0 Å². The van der Waals surface area contributed by atoms with Crippen molar-refractivity contribution in [2.45, 2.75) is 45.3 Å². The molecule has 0 aliphatic carbocycles. The van der Waals surface area contributed by atoms with E-state index in [9.17, 15) is 14.4 Å². The molecule has 12 nitrogen and oxygen atoms in total. The third-order valence-electron chi connectivity index (χ3n) is 4.01. The highest BCUT2D eigenvalue weighted by molar-refractivity contribution is 5.81. The third kappa shape index (κ3) is 3.86. The molecule has 0 radical (unpaired) electrons. The van der Waals surface area contributed by atoms with Crippen LogP contribution in [0.15, 0.2) is 12.7 Å². The van der Waals surface area contributed by atoms with Crippen molar-refractivity contribution in [3.05, 3.63) is 12.7 Å². The average molecular weight is 393 g/mol. The summed E-state index contributed by atoms with van der Waals surface area (Å²) >= 11 is 0. The summed E-state index contributed by atoms with van der Waals surface area (Å²) in [5.74, 6) is -1.63. The molecule has 150 valence electrons. The maximum atomic E-state index is 11.7. The minimum atomic E-state index is -1.04. The Morgan fingerprint density at radius 2 is 1.75 bits per heavy atom. The molecule has 2 aromatic heterocycles. The molecule has 1 saturated heterocycles. The average Bonchev–Trinajstić information content (AvgIpc) is 3.16. The number of nitrogen functional groups attached to an aromatic ring is 1. The van der Waals surface area contributed by atoms with Gasteiger partial charge < -0.3 is 24.7 Å². The minimum absolute atomic E-state index is 0.139. The van der Waals surface area contributed by atoms with E-state index in [-0.39, 0.29) is 12.4 Å². The van der Waals surface area contributed by atoms with E-state index in [1.54, 1.807) is 0 Å². The number of nitrogens with two attached hydrogens (primary N) is 1. The van der Waals surface area contributed by atoms with Crippen LogP contribution in [0.25, 0.3) is 11.2 Å². The fourth-order valence-electron chi connectivity index (χ4n) is 3.01. The second-order valence-corrected chi connectivity index (χ2v) is 6.10. The number of ether oxygens (including phenoxy) is 4. The molecule has 1 aliphatic heterocycles. The van der Waals surface area contributed by atoms with Crippen LogP contribution in [0.5, 0.6) is 0 Å². The number of imidazole rings is 1. The summed E-state index contributed by atoms with van der Waals surface area (Å²) in [5.41, 5.74) is 6.61. The number of fused-ring (bicyclic) bond motifs is 1. The molecule has 4 atom stereocenters. The number of carbonyl (C=O) groups is 3. The first kappa shape index (κ1) is 19.5. The SMILES string of the molecule is CC(=O)OC[C@H]1O[C@@H](n2cnc3ncnc(N)c32)[C@H](OC(C)=O)[C@@H]1OC(C)=O. The number of hydrogen-bond acceptors (Lipinski definition) is 11. The molecule has 0 unspecified atom stereocenters. The van der Waals surface area contributed by atoms with Gasteiger partial charge in [-0.2, -0.15) is 0 Å². The number of hydrogen-bond donors (Lipinski definition) is 1. The van der Waals surface area contributed by atoms with E-state index in [2.05, 4.69) is 15.0 Å². The highest BCUT2D eigenvalue weighted by atomic mass is 16.7. The molecule has 28 heavy (non-hydrogen) atoms. The van der Waals surface area contributed by atoms with E-state index >= 15 is 0 Å². The van der Waals surface area contributed by atoms with Gasteiger partial charge in [-0.1, -0.05) is 0 Å². The van der Waals surface area contributed by atoms with Crippen LogP contribution < -0.4 is 5.73 Å². The zero-order valence-corrected chi connectivity index (χ0v) is 15.4. The highest BCUT2D eigenvalue weighted by Gasteiger charge is 2.51. The smallest absolute Gasteiger partial charge is 0.303 e. The van der Waals surface area contributed by atoms with Crippen LogP contribution in [0.1, 0.15) is 27.0 Å². The first-order valence-electron chi connectivity index (χ1n) is 8.34. The Morgan fingerprint density at radius 1 is 1.07 bits per heavy atom. The zero-order chi connectivity index (χ0) is 20.4. The second kappa shape index (κ2) is 7.76. The van der Waals surface area contributed by atoms with E-state index in [0.29, 0.717) is 11.2 Å². The molecule has 12 heteroatoms. The lowest BCUT2D eigenvalue weighted by molar-refractivity contribution is -0.166. The summed E-state index contributed by atoms with van der Waals surface area (Å²) in [7, 11) is 0. The summed E-state index contributed by atoms with van der Waals surface area (Å²) in [6.45, 7) is 3.45. The topological polar surface area (TPSA) is 158 Å². The van der Waals surface area contributed by atoms with Crippen LogP contribution in [-0.2, 0) is 33.3 Å². The van der Waals surface area contributed by atoms with Gasteiger partial charge in [0.05, 0.1) is 0 Å². The fraction of sp³-hybridized carbons (Fsp3) is 0.500. The maximum Gasteiger partial charge on any atom is 0.303 e. The molecule has 2 aromatic rings. The summed E-state index contributed by atoms with van der Waals surface area (Å²) in [4.78, 5) is 46.6. The van der Waals surface area contributed by atoms with Crippen molar-refractivity contribution >= 4 is 34.9 Å². The Balaban J connectivity index is 2.02.